The van der Waals surface area contributed by atoms with Crippen molar-refractivity contribution in [3.8, 4) is 0 Å². The standard InChI is InChI=1S/C12H14N2S.ClH/c1-10-9-15-12(14-10)8-13-7-11-5-3-2-4-6-11;/h2-6,9,13H,7-8H2,1H3;1H. The Balaban J connectivity index is 0.00000128. The van der Waals surface area contributed by atoms with Crippen molar-refractivity contribution in [2.75, 3.05) is 0 Å². The molecule has 1 heterocycles. The lowest BCUT2D eigenvalue weighted by molar-refractivity contribution is 0.689. The Kier molecular flexibility index (Phi) is 5.46. The summed E-state index contributed by atoms with van der Waals surface area (Å²) in [5, 5.41) is 6.62. The monoisotopic (exact) mass is 254 g/mol. The van der Waals surface area contributed by atoms with Gasteiger partial charge in [0.2, 0.25) is 0 Å². The van der Waals surface area contributed by atoms with E-state index in [-0.39, 0.29) is 12.4 Å². The van der Waals surface area contributed by atoms with Crippen LogP contribution in [0, 0.1) is 6.92 Å². The van der Waals surface area contributed by atoms with Gasteiger partial charge in [-0.1, -0.05) is 30.3 Å². The van der Waals surface area contributed by atoms with Gasteiger partial charge in [0.1, 0.15) is 5.01 Å². The highest BCUT2D eigenvalue weighted by Gasteiger charge is 1.97. The minimum atomic E-state index is 0. The van der Waals surface area contributed by atoms with Crippen molar-refractivity contribution in [2.45, 2.75) is 20.0 Å². The van der Waals surface area contributed by atoms with Crippen LogP contribution >= 0.6 is 23.7 Å². The van der Waals surface area contributed by atoms with Crippen LogP contribution in [0.1, 0.15) is 16.3 Å². The van der Waals surface area contributed by atoms with Crippen molar-refractivity contribution in [1.82, 2.24) is 10.3 Å². The van der Waals surface area contributed by atoms with E-state index in [1.165, 1.54) is 5.56 Å². The van der Waals surface area contributed by atoms with E-state index in [2.05, 4.69) is 39.9 Å². The lowest BCUT2D eigenvalue weighted by atomic mass is 10.2. The molecule has 0 bridgehead atoms. The first-order valence-corrected chi connectivity index (χ1v) is 5.88. The van der Waals surface area contributed by atoms with Gasteiger partial charge < -0.3 is 5.32 Å². The quantitative estimate of drug-likeness (QED) is 0.907. The fraction of sp³-hybridized carbons (Fsp3) is 0.250. The maximum Gasteiger partial charge on any atom is 0.107 e. The summed E-state index contributed by atoms with van der Waals surface area (Å²) in [5.74, 6) is 0. The van der Waals surface area contributed by atoms with Crippen LogP contribution in [0.4, 0.5) is 0 Å². The van der Waals surface area contributed by atoms with Crippen LogP contribution < -0.4 is 5.32 Å². The molecule has 1 aromatic carbocycles. The zero-order valence-electron chi connectivity index (χ0n) is 9.14. The predicted octanol–water partition coefficient (Wildman–Crippen LogP) is 3.16. The van der Waals surface area contributed by atoms with Gasteiger partial charge in [0.25, 0.3) is 0 Å². The van der Waals surface area contributed by atoms with E-state index in [0.29, 0.717) is 0 Å². The van der Waals surface area contributed by atoms with Crippen LogP contribution in [-0.4, -0.2) is 4.98 Å². The minimum Gasteiger partial charge on any atom is -0.306 e. The topological polar surface area (TPSA) is 24.9 Å². The molecule has 0 aliphatic heterocycles. The van der Waals surface area contributed by atoms with Crippen molar-refractivity contribution in [3.05, 3.63) is 52.0 Å². The van der Waals surface area contributed by atoms with E-state index in [9.17, 15) is 0 Å². The first-order valence-electron chi connectivity index (χ1n) is 5.00. The predicted molar refractivity (Wildman–Crippen MR) is 71.1 cm³/mol. The molecule has 16 heavy (non-hydrogen) atoms. The van der Waals surface area contributed by atoms with Crippen LogP contribution in [0.5, 0.6) is 0 Å². The third-order valence-corrected chi connectivity index (χ3v) is 3.08. The third-order valence-electron chi connectivity index (χ3n) is 2.11. The molecule has 0 aliphatic carbocycles. The molecule has 0 unspecified atom stereocenters. The Hall–Kier alpha value is -0.900. The fourth-order valence-electron chi connectivity index (χ4n) is 1.39. The van der Waals surface area contributed by atoms with E-state index >= 15 is 0 Å². The zero-order chi connectivity index (χ0) is 10.5. The third kappa shape index (κ3) is 3.93. The van der Waals surface area contributed by atoms with E-state index in [4.69, 9.17) is 0 Å². The Morgan fingerprint density at radius 1 is 1.19 bits per heavy atom. The van der Waals surface area contributed by atoms with Crippen LogP contribution in [0.3, 0.4) is 0 Å². The van der Waals surface area contributed by atoms with E-state index in [0.717, 1.165) is 23.8 Å². The highest BCUT2D eigenvalue weighted by molar-refractivity contribution is 7.09. The molecule has 2 rings (SSSR count). The van der Waals surface area contributed by atoms with Crippen LogP contribution in [0.2, 0.25) is 0 Å². The highest BCUT2D eigenvalue weighted by atomic mass is 35.5. The van der Waals surface area contributed by atoms with Gasteiger partial charge in [0.05, 0.1) is 0 Å². The molecule has 0 amide bonds. The average molecular weight is 255 g/mol. The number of rotatable bonds is 4. The van der Waals surface area contributed by atoms with E-state index < -0.39 is 0 Å². The highest BCUT2D eigenvalue weighted by Crippen LogP contribution is 2.08. The molecule has 1 aromatic heterocycles. The lowest BCUT2D eigenvalue weighted by Crippen LogP contribution is -2.12. The van der Waals surface area contributed by atoms with Gasteiger partial charge in [-0.15, -0.1) is 23.7 Å². The van der Waals surface area contributed by atoms with E-state index in [1.54, 1.807) is 11.3 Å². The van der Waals surface area contributed by atoms with Crippen molar-refractivity contribution >= 4 is 23.7 Å². The van der Waals surface area contributed by atoms with Gasteiger partial charge in [-0.25, -0.2) is 4.98 Å². The average Bonchev–Trinajstić information content (AvgIpc) is 2.66. The molecule has 0 fully saturated rings. The van der Waals surface area contributed by atoms with Gasteiger partial charge in [-0.2, -0.15) is 0 Å². The van der Waals surface area contributed by atoms with Crippen LogP contribution in [0.15, 0.2) is 35.7 Å². The normalized spacial score (nSPS) is 9.81. The number of nitrogens with one attached hydrogen (secondary N) is 1. The fourth-order valence-corrected chi connectivity index (χ4v) is 2.13. The van der Waals surface area contributed by atoms with Gasteiger partial charge in [0.15, 0.2) is 0 Å². The molecule has 0 saturated heterocycles. The Labute approximate surface area is 106 Å². The lowest BCUT2D eigenvalue weighted by Gasteiger charge is -2.01. The van der Waals surface area contributed by atoms with Crippen molar-refractivity contribution in [2.24, 2.45) is 0 Å². The van der Waals surface area contributed by atoms with Crippen molar-refractivity contribution < 1.29 is 0 Å². The maximum atomic E-state index is 4.40. The Bertz CT molecular complexity index is 414. The summed E-state index contributed by atoms with van der Waals surface area (Å²) in [7, 11) is 0. The molecular weight excluding hydrogens is 240 g/mol. The van der Waals surface area contributed by atoms with Gasteiger partial charge in [-0.3, -0.25) is 0 Å². The molecule has 0 atom stereocenters. The first-order chi connectivity index (χ1) is 7.34. The molecule has 2 nitrogen and oxygen atoms in total. The number of aromatic nitrogens is 1. The summed E-state index contributed by atoms with van der Waals surface area (Å²) in [6.07, 6.45) is 0. The van der Waals surface area contributed by atoms with Crippen molar-refractivity contribution in [3.63, 3.8) is 0 Å². The van der Waals surface area contributed by atoms with Crippen LogP contribution in [0.25, 0.3) is 0 Å². The Morgan fingerprint density at radius 2 is 1.94 bits per heavy atom. The number of benzene rings is 1. The summed E-state index contributed by atoms with van der Waals surface area (Å²) in [6.45, 7) is 3.78. The summed E-state index contributed by atoms with van der Waals surface area (Å²) in [4.78, 5) is 4.40. The molecule has 0 aliphatic rings. The summed E-state index contributed by atoms with van der Waals surface area (Å²) in [5.41, 5.74) is 2.42. The Morgan fingerprint density at radius 3 is 2.56 bits per heavy atom. The number of aryl methyl sites for hydroxylation is 1. The molecule has 1 N–H and O–H groups in total. The second kappa shape index (κ2) is 6.63. The number of nitrogens with zero attached hydrogens (tertiary/aromatic N) is 1. The maximum absolute atomic E-state index is 4.40. The molecule has 0 spiro atoms. The number of hydrogen-bond donors (Lipinski definition) is 1. The SMILES string of the molecule is Cc1csc(CNCc2ccccc2)n1.Cl. The molecule has 0 radical (unpaired) electrons. The molecule has 0 saturated carbocycles. The van der Waals surface area contributed by atoms with Crippen LogP contribution in [-0.2, 0) is 13.1 Å². The minimum absolute atomic E-state index is 0. The zero-order valence-corrected chi connectivity index (χ0v) is 10.8. The van der Waals surface area contributed by atoms with Crippen molar-refractivity contribution in [1.29, 1.82) is 0 Å². The second-order valence-corrected chi connectivity index (χ2v) is 4.41. The molecule has 2 aromatic rings. The molecular formula is C12H15ClN2S. The number of thiazole rings is 1. The smallest absolute Gasteiger partial charge is 0.107 e. The molecule has 4 heteroatoms. The first kappa shape index (κ1) is 13.2. The van der Waals surface area contributed by atoms with Gasteiger partial charge >= 0.3 is 0 Å². The largest absolute Gasteiger partial charge is 0.306 e. The van der Waals surface area contributed by atoms with E-state index in [1.807, 2.05) is 13.0 Å². The van der Waals surface area contributed by atoms with Gasteiger partial charge in [0, 0.05) is 24.2 Å². The number of hydrogen-bond acceptors (Lipinski definition) is 3. The number of halogens is 1. The summed E-state index contributed by atoms with van der Waals surface area (Å²) >= 11 is 1.71. The van der Waals surface area contributed by atoms with Gasteiger partial charge in [-0.05, 0) is 12.5 Å². The summed E-state index contributed by atoms with van der Waals surface area (Å²) < 4.78 is 0. The second-order valence-electron chi connectivity index (χ2n) is 3.47. The summed E-state index contributed by atoms with van der Waals surface area (Å²) in [6, 6.07) is 10.4. The molecule has 86 valence electrons.